The van der Waals surface area contributed by atoms with Crippen LogP contribution in [0.2, 0.25) is 0 Å². The fraction of sp³-hybridized carbons (Fsp3) is 0.0400. The minimum absolute atomic E-state index is 0.208. The number of imidazole rings is 1. The molecule has 0 saturated heterocycles. The van der Waals surface area contributed by atoms with Crippen LogP contribution in [0.5, 0.6) is 0 Å². The number of carbonyl (C=O) groups excluding carboxylic acids is 2. The van der Waals surface area contributed by atoms with E-state index in [0.29, 0.717) is 34.1 Å². The molecule has 1 amide bonds. The van der Waals surface area contributed by atoms with Crippen molar-refractivity contribution in [3.63, 3.8) is 0 Å². The van der Waals surface area contributed by atoms with Crippen LogP contribution in [0.25, 0.3) is 11.5 Å². The molecule has 0 bridgehead atoms. The van der Waals surface area contributed by atoms with Crippen molar-refractivity contribution in [3.05, 3.63) is 114 Å². The SMILES string of the molecule is Cn1ccnc1C(=O)c1ccc(NC(=O)c2cnn(-c3ccc(F)cc3)c2-n2cccc2)cc1. The number of carbonyl (C=O) groups is 2. The third-order valence-electron chi connectivity index (χ3n) is 5.34. The number of aromatic nitrogens is 5. The van der Waals surface area contributed by atoms with Gasteiger partial charge in [0.2, 0.25) is 5.78 Å². The molecule has 3 heterocycles. The van der Waals surface area contributed by atoms with E-state index >= 15 is 0 Å². The largest absolute Gasteiger partial charge is 0.331 e. The van der Waals surface area contributed by atoms with Gasteiger partial charge in [-0.15, -0.1) is 0 Å². The van der Waals surface area contributed by atoms with Crippen molar-refractivity contribution in [2.75, 3.05) is 5.32 Å². The Morgan fingerprint density at radius 3 is 2.29 bits per heavy atom. The third kappa shape index (κ3) is 3.90. The summed E-state index contributed by atoms with van der Waals surface area (Å²) in [7, 11) is 1.75. The number of ketones is 1. The van der Waals surface area contributed by atoms with Gasteiger partial charge in [-0.3, -0.25) is 9.59 Å². The summed E-state index contributed by atoms with van der Waals surface area (Å²) in [5.41, 5.74) is 1.92. The minimum Gasteiger partial charge on any atom is -0.331 e. The number of benzene rings is 2. The van der Waals surface area contributed by atoms with Crippen LogP contribution >= 0.6 is 0 Å². The van der Waals surface area contributed by atoms with Gasteiger partial charge in [0.05, 0.1) is 11.9 Å². The Kier molecular flexibility index (Phi) is 5.35. The molecule has 0 atom stereocenters. The van der Waals surface area contributed by atoms with Crippen LogP contribution in [-0.4, -0.2) is 35.6 Å². The molecule has 0 unspecified atom stereocenters. The van der Waals surface area contributed by atoms with Crippen molar-refractivity contribution in [2.45, 2.75) is 0 Å². The van der Waals surface area contributed by atoms with Crippen molar-refractivity contribution in [1.29, 1.82) is 0 Å². The van der Waals surface area contributed by atoms with Gasteiger partial charge in [0.15, 0.2) is 11.6 Å². The molecule has 3 aromatic heterocycles. The molecule has 9 heteroatoms. The molecule has 2 aromatic carbocycles. The molecular weight excluding hydrogens is 435 g/mol. The number of rotatable bonds is 6. The maximum atomic E-state index is 13.4. The Labute approximate surface area is 193 Å². The lowest BCUT2D eigenvalue weighted by Gasteiger charge is -2.11. The Hall–Kier alpha value is -4.79. The van der Waals surface area contributed by atoms with Gasteiger partial charge in [-0.1, -0.05) is 0 Å². The first-order valence-electron chi connectivity index (χ1n) is 10.4. The zero-order valence-corrected chi connectivity index (χ0v) is 18.1. The highest BCUT2D eigenvalue weighted by atomic mass is 19.1. The fourth-order valence-electron chi connectivity index (χ4n) is 3.61. The molecule has 34 heavy (non-hydrogen) atoms. The van der Waals surface area contributed by atoms with E-state index < -0.39 is 0 Å². The normalized spacial score (nSPS) is 10.9. The summed E-state index contributed by atoms with van der Waals surface area (Å²) in [5.74, 6) is -0.0978. The van der Waals surface area contributed by atoms with E-state index in [1.807, 2.05) is 12.1 Å². The Balaban J connectivity index is 1.42. The summed E-state index contributed by atoms with van der Waals surface area (Å²) >= 11 is 0. The lowest BCUT2D eigenvalue weighted by Crippen LogP contribution is -2.15. The molecular formula is C25H19FN6O2. The van der Waals surface area contributed by atoms with E-state index in [9.17, 15) is 14.0 Å². The number of amides is 1. The Morgan fingerprint density at radius 2 is 1.65 bits per heavy atom. The van der Waals surface area contributed by atoms with Crippen molar-refractivity contribution in [3.8, 4) is 11.5 Å². The molecule has 8 nitrogen and oxygen atoms in total. The number of hydrogen-bond acceptors (Lipinski definition) is 4. The number of nitrogens with one attached hydrogen (secondary N) is 1. The predicted octanol–water partition coefficient (Wildman–Crippen LogP) is 4.02. The van der Waals surface area contributed by atoms with Crippen molar-refractivity contribution < 1.29 is 14.0 Å². The van der Waals surface area contributed by atoms with Gasteiger partial charge < -0.3 is 14.5 Å². The zero-order valence-electron chi connectivity index (χ0n) is 18.1. The standard InChI is InChI=1S/C25H19FN6O2/c1-30-15-12-27-23(30)22(33)17-4-8-19(9-5-17)29-24(34)21-16-28-32(20-10-6-18(26)7-11-20)25(21)31-13-2-3-14-31/h2-16H,1H3,(H,29,34). The number of hydrogen-bond donors (Lipinski definition) is 1. The first-order chi connectivity index (χ1) is 16.5. The topological polar surface area (TPSA) is 86.7 Å². The van der Waals surface area contributed by atoms with Crippen molar-refractivity contribution in [1.82, 2.24) is 23.9 Å². The maximum Gasteiger partial charge on any atom is 0.261 e. The molecule has 168 valence electrons. The molecule has 0 fully saturated rings. The first kappa shape index (κ1) is 21.1. The Morgan fingerprint density at radius 1 is 0.941 bits per heavy atom. The smallest absolute Gasteiger partial charge is 0.261 e. The van der Waals surface area contributed by atoms with Crippen molar-refractivity contribution in [2.24, 2.45) is 7.05 Å². The van der Waals surface area contributed by atoms with Crippen LogP contribution < -0.4 is 5.32 Å². The highest BCUT2D eigenvalue weighted by Gasteiger charge is 2.20. The summed E-state index contributed by atoms with van der Waals surface area (Å²) in [5, 5.41) is 7.22. The van der Waals surface area contributed by atoms with E-state index in [0.717, 1.165) is 0 Å². The zero-order chi connectivity index (χ0) is 23.7. The van der Waals surface area contributed by atoms with Crippen LogP contribution in [0.15, 0.2) is 91.6 Å². The number of nitrogens with zero attached hydrogens (tertiary/aromatic N) is 5. The summed E-state index contributed by atoms with van der Waals surface area (Å²) in [6.45, 7) is 0. The van der Waals surface area contributed by atoms with Gasteiger partial charge in [-0.05, 0) is 60.7 Å². The lowest BCUT2D eigenvalue weighted by molar-refractivity contribution is 0.102. The predicted molar refractivity (Wildman–Crippen MR) is 124 cm³/mol. The molecule has 1 N–H and O–H groups in total. The summed E-state index contributed by atoms with van der Waals surface area (Å²) < 4.78 is 18.4. The molecule has 0 aliphatic rings. The average Bonchev–Trinajstić information content (AvgIpc) is 3.60. The van der Waals surface area contributed by atoms with Crippen LogP contribution in [0, 0.1) is 5.82 Å². The van der Waals surface area contributed by atoms with Crippen molar-refractivity contribution >= 4 is 17.4 Å². The van der Waals surface area contributed by atoms with Crippen LogP contribution in [0.3, 0.4) is 0 Å². The third-order valence-corrected chi connectivity index (χ3v) is 5.34. The van der Waals surface area contributed by atoms with Gasteiger partial charge in [0.1, 0.15) is 11.4 Å². The van der Waals surface area contributed by atoms with E-state index in [1.54, 1.807) is 82.0 Å². The van der Waals surface area contributed by atoms with Gasteiger partial charge in [0, 0.05) is 43.1 Å². The highest BCUT2D eigenvalue weighted by Crippen LogP contribution is 2.22. The molecule has 0 aliphatic heterocycles. The summed E-state index contributed by atoms with van der Waals surface area (Å²) in [6.07, 6.45) is 8.33. The van der Waals surface area contributed by atoms with Crippen LogP contribution in [0.1, 0.15) is 26.5 Å². The number of aryl methyl sites for hydroxylation is 1. The molecule has 5 rings (SSSR count). The highest BCUT2D eigenvalue weighted by molar-refractivity contribution is 6.08. The average molecular weight is 454 g/mol. The second kappa shape index (κ2) is 8.62. The van der Waals surface area contributed by atoms with Gasteiger partial charge >= 0.3 is 0 Å². The molecule has 0 aliphatic carbocycles. The second-order valence-electron chi connectivity index (χ2n) is 7.58. The molecule has 0 radical (unpaired) electrons. The molecule has 5 aromatic rings. The Bertz CT molecular complexity index is 1460. The maximum absolute atomic E-state index is 13.4. The van der Waals surface area contributed by atoms with Gasteiger partial charge in [-0.25, -0.2) is 14.1 Å². The van der Waals surface area contributed by atoms with E-state index in [-0.39, 0.29) is 17.5 Å². The monoisotopic (exact) mass is 454 g/mol. The van der Waals surface area contributed by atoms with Gasteiger partial charge in [-0.2, -0.15) is 5.10 Å². The van der Waals surface area contributed by atoms with Crippen LogP contribution in [-0.2, 0) is 7.05 Å². The van der Waals surface area contributed by atoms with E-state index in [1.165, 1.54) is 18.3 Å². The number of halogens is 1. The minimum atomic E-state index is -0.375. The van der Waals surface area contributed by atoms with Gasteiger partial charge in [0.25, 0.3) is 5.91 Å². The lowest BCUT2D eigenvalue weighted by atomic mass is 10.1. The molecule has 0 spiro atoms. The number of anilines is 1. The quantitative estimate of drug-likeness (QED) is 0.393. The molecule has 0 saturated carbocycles. The first-order valence-corrected chi connectivity index (χ1v) is 10.4. The second-order valence-corrected chi connectivity index (χ2v) is 7.58. The summed E-state index contributed by atoms with van der Waals surface area (Å²) in [4.78, 5) is 29.9. The van der Waals surface area contributed by atoms with Crippen LogP contribution in [0.4, 0.5) is 10.1 Å². The summed E-state index contributed by atoms with van der Waals surface area (Å²) in [6, 6.07) is 16.1. The van der Waals surface area contributed by atoms with E-state index in [2.05, 4.69) is 15.4 Å². The van der Waals surface area contributed by atoms with E-state index in [4.69, 9.17) is 0 Å². The fourth-order valence-corrected chi connectivity index (χ4v) is 3.61.